The minimum absolute atomic E-state index is 0.0146. The molecule has 0 saturated carbocycles. The molecule has 0 unspecified atom stereocenters. The molecule has 11 rings (SSSR count). The molecule has 0 atom stereocenters. The van der Waals surface area contributed by atoms with E-state index in [-0.39, 0.29) is 28.4 Å². The van der Waals surface area contributed by atoms with Crippen molar-refractivity contribution in [1.29, 1.82) is 0 Å². The first-order chi connectivity index (χ1) is 32.3. The Kier molecular flexibility index (Phi) is 10.3. The van der Waals surface area contributed by atoms with Crippen molar-refractivity contribution < 1.29 is 0 Å². The Morgan fingerprint density at radius 2 is 1.03 bits per heavy atom. The topological polar surface area (TPSA) is 6.48 Å². The Balaban J connectivity index is 1.19. The minimum Gasteiger partial charge on any atom is -0.311 e. The van der Waals surface area contributed by atoms with Gasteiger partial charge in [-0.15, -0.1) is 11.3 Å². The first-order valence-electron chi connectivity index (χ1n) is 24.8. The third-order valence-corrected chi connectivity index (χ3v) is 16.2. The van der Waals surface area contributed by atoms with E-state index in [1.165, 1.54) is 116 Å². The summed E-state index contributed by atoms with van der Waals surface area (Å²) in [7, 11) is 0. The second-order valence-corrected chi connectivity index (χ2v) is 24.8. The van der Waals surface area contributed by atoms with Crippen LogP contribution >= 0.6 is 11.3 Å². The van der Waals surface area contributed by atoms with Gasteiger partial charge in [0, 0.05) is 43.6 Å². The molecule has 340 valence electrons. The summed E-state index contributed by atoms with van der Waals surface area (Å²) < 4.78 is 1.38. The smallest absolute Gasteiger partial charge is 0.252 e. The summed E-state index contributed by atoms with van der Waals surface area (Å²) in [6, 6.07) is 56.7. The summed E-state index contributed by atoms with van der Waals surface area (Å²) in [5, 5.41) is 1.42. The highest BCUT2D eigenvalue weighted by Gasteiger charge is 2.45. The summed E-state index contributed by atoms with van der Waals surface area (Å²) in [6.07, 6.45) is 4.64. The SMILES string of the molecule is CC(C)(C)c1ccc2c(c1)B1c3ccc(C(C)(C)C)cc3N(c3ccc(C4=CCCc5c4sc4ccccc54)cc3)c3cc(C(C)(C)C)cc(c31)N2c1ccc(C(C)(C)C)cc1-c1ccccc1. The van der Waals surface area contributed by atoms with Crippen molar-refractivity contribution in [2.75, 3.05) is 9.80 Å². The molecule has 4 heteroatoms. The maximum atomic E-state index is 2.63. The largest absolute Gasteiger partial charge is 0.311 e. The second-order valence-electron chi connectivity index (χ2n) is 23.8. The van der Waals surface area contributed by atoms with Gasteiger partial charge in [0.15, 0.2) is 0 Å². The van der Waals surface area contributed by atoms with Crippen LogP contribution in [0.3, 0.4) is 0 Å². The number of benzene rings is 7. The van der Waals surface area contributed by atoms with Crippen molar-refractivity contribution in [3.05, 3.63) is 190 Å². The molecule has 3 heterocycles. The van der Waals surface area contributed by atoms with Crippen molar-refractivity contribution in [2.45, 2.75) is 118 Å². The quantitative estimate of drug-likeness (QED) is 0.162. The summed E-state index contributed by atoms with van der Waals surface area (Å²) in [4.78, 5) is 6.68. The Labute approximate surface area is 410 Å². The Morgan fingerprint density at radius 3 is 1.71 bits per heavy atom. The number of thiophene rings is 1. The van der Waals surface area contributed by atoms with Crippen molar-refractivity contribution in [2.24, 2.45) is 0 Å². The van der Waals surface area contributed by atoms with Gasteiger partial charge in [0.2, 0.25) is 0 Å². The molecule has 68 heavy (non-hydrogen) atoms. The van der Waals surface area contributed by atoms with Crippen LogP contribution in [0.25, 0.3) is 26.8 Å². The first-order valence-corrected chi connectivity index (χ1v) is 25.7. The Hall–Kier alpha value is -6.10. The van der Waals surface area contributed by atoms with Crippen molar-refractivity contribution in [3.63, 3.8) is 0 Å². The van der Waals surface area contributed by atoms with E-state index in [2.05, 4.69) is 245 Å². The van der Waals surface area contributed by atoms with Gasteiger partial charge in [-0.05, 0) is 155 Å². The second kappa shape index (κ2) is 15.7. The van der Waals surface area contributed by atoms with Gasteiger partial charge in [-0.25, -0.2) is 0 Å². The lowest BCUT2D eigenvalue weighted by Gasteiger charge is -2.46. The van der Waals surface area contributed by atoms with Crippen LogP contribution in [0.15, 0.2) is 152 Å². The highest BCUT2D eigenvalue weighted by molar-refractivity contribution is 7.20. The molecular formula is C64H65BN2S. The van der Waals surface area contributed by atoms with Crippen molar-refractivity contribution in [1.82, 2.24) is 0 Å². The van der Waals surface area contributed by atoms with E-state index >= 15 is 0 Å². The van der Waals surface area contributed by atoms with E-state index in [9.17, 15) is 0 Å². The van der Waals surface area contributed by atoms with Gasteiger partial charge in [-0.1, -0.05) is 180 Å². The van der Waals surface area contributed by atoms with Crippen LogP contribution in [0.4, 0.5) is 34.1 Å². The van der Waals surface area contributed by atoms with Gasteiger partial charge >= 0.3 is 0 Å². The highest BCUT2D eigenvalue weighted by atomic mass is 32.1. The van der Waals surface area contributed by atoms with Gasteiger partial charge in [-0.2, -0.15) is 0 Å². The summed E-state index contributed by atoms with van der Waals surface area (Å²) in [5.74, 6) is 0. The number of hydrogen-bond donors (Lipinski definition) is 0. The lowest BCUT2D eigenvalue weighted by atomic mass is 9.33. The lowest BCUT2D eigenvalue weighted by Crippen LogP contribution is -2.61. The van der Waals surface area contributed by atoms with E-state index in [0.29, 0.717) is 0 Å². The van der Waals surface area contributed by atoms with Gasteiger partial charge < -0.3 is 9.80 Å². The Bertz CT molecular complexity index is 3320. The third kappa shape index (κ3) is 7.37. The Morgan fingerprint density at radius 1 is 0.456 bits per heavy atom. The number of anilines is 6. The average Bonchev–Trinajstić information content (AvgIpc) is 3.69. The van der Waals surface area contributed by atoms with Crippen LogP contribution in [0.2, 0.25) is 0 Å². The molecule has 0 N–H and O–H groups in total. The van der Waals surface area contributed by atoms with E-state index in [1.807, 2.05) is 11.3 Å². The molecule has 3 aliphatic rings. The molecule has 1 aromatic heterocycles. The molecule has 7 aromatic carbocycles. The van der Waals surface area contributed by atoms with Crippen LogP contribution in [0.1, 0.15) is 128 Å². The maximum Gasteiger partial charge on any atom is 0.252 e. The van der Waals surface area contributed by atoms with E-state index in [0.717, 1.165) is 12.8 Å². The summed E-state index contributed by atoms with van der Waals surface area (Å²) in [5.41, 5.74) is 23.2. The number of allylic oxidation sites excluding steroid dienone is 1. The van der Waals surface area contributed by atoms with Crippen LogP contribution < -0.4 is 26.2 Å². The highest BCUT2D eigenvalue weighted by Crippen LogP contribution is 2.50. The molecule has 0 saturated heterocycles. The molecular weight excluding hydrogens is 840 g/mol. The third-order valence-electron chi connectivity index (χ3n) is 15.0. The zero-order valence-corrected chi connectivity index (χ0v) is 43.0. The molecule has 0 fully saturated rings. The monoisotopic (exact) mass is 904 g/mol. The van der Waals surface area contributed by atoms with Crippen molar-refractivity contribution in [3.8, 4) is 11.1 Å². The van der Waals surface area contributed by atoms with Crippen LogP contribution in [-0.2, 0) is 28.1 Å². The van der Waals surface area contributed by atoms with E-state index in [1.54, 1.807) is 0 Å². The zero-order valence-electron chi connectivity index (χ0n) is 42.2. The molecule has 0 bridgehead atoms. The molecule has 0 amide bonds. The van der Waals surface area contributed by atoms with Gasteiger partial charge in [-0.3, -0.25) is 0 Å². The predicted octanol–water partition coefficient (Wildman–Crippen LogP) is 16.2. The van der Waals surface area contributed by atoms with E-state index < -0.39 is 0 Å². The lowest BCUT2D eigenvalue weighted by molar-refractivity contribution is 0.589. The fraction of sp³-hybridized carbons (Fsp3) is 0.281. The molecule has 8 aromatic rings. The maximum absolute atomic E-state index is 2.63. The number of rotatable bonds is 4. The first kappa shape index (κ1) is 44.4. The van der Waals surface area contributed by atoms with Crippen molar-refractivity contribution >= 4 is 84.2 Å². The fourth-order valence-corrected chi connectivity index (χ4v) is 12.3. The van der Waals surface area contributed by atoms with Crippen LogP contribution in [0, 0.1) is 0 Å². The number of aryl methyl sites for hydroxylation is 1. The number of nitrogens with zero attached hydrogens (tertiary/aromatic N) is 2. The predicted molar refractivity (Wildman–Crippen MR) is 298 cm³/mol. The van der Waals surface area contributed by atoms with Gasteiger partial charge in [0.05, 0.1) is 5.69 Å². The minimum atomic E-state index is -0.125. The van der Waals surface area contributed by atoms with Gasteiger partial charge in [0.25, 0.3) is 6.71 Å². The summed E-state index contributed by atoms with van der Waals surface area (Å²) in [6.45, 7) is 28.2. The van der Waals surface area contributed by atoms with Crippen LogP contribution in [0.5, 0.6) is 0 Å². The standard InChI is InChI=1S/C64H65BN2S/c1-61(2,3)42-28-33-53(50(35-42)40-19-14-13-15-20-40)67-54-34-29-43(62(4,5)6)36-52(54)65-51-32-27-44(63(7,8)9)37-55(51)66(56-38-45(64(10,11)12)39-57(67)59(56)65)46-30-25-41(26-31-46)47-22-18-23-49-48-21-16-17-24-58(48)68-60(47)49/h13-17,19-22,24-39H,18,23H2,1-12H3. The number of hydrogen-bond acceptors (Lipinski definition) is 3. The average molecular weight is 905 g/mol. The normalized spacial score (nSPS) is 14.6. The zero-order chi connectivity index (χ0) is 47.7. The molecule has 0 radical (unpaired) electrons. The number of fused-ring (bicyclic) bond motifs is 7. The molecule has 1 aliphatic carbocycles. The fourth-order valence-electron chi connectivity index (χ4n) is 11.0. The summed E-state index contributed by atoms with van der Waals surface area (Å²) >= 11 is 1.95. The molecule has 0 spiro atoms. The molecule has 2 aliphatic heterocycles. The van der Waals surface area contributed by atoms with Crippen LogP contribution in [-0.4, -0.2) is 6.71 Å². The van der Waals surface area contributed by atoms with E-state index in [4.69, 9.17) is 0 Å². The van der Waals surface area contributed by atoms with Gasteiger partial charge in [0.1, 0.15) is 0 Å². The molecule has 2 nitrogen and oxygen atoms in total.